The van der Waals surface area contributed by atoms with Gasteiger partial charge in [0, 0.05) is 30.4 Å². The van der Waals surface area contributed by atoms with Gasteiger partial charge in [0.25, 0.3) is 5.91 Å². The minimum absolute atomic E-state index is 0.244. The summed E-state index contributed by atoms with van der Waals surface area (Å²) in [6.07, 6.45) is 2.70. The van der Waals surface area contributed by atoms with Gasteiger partial charge < -0.3 is 5.32 Å². The Bertz CT molecular complexity index is 1160. The van der Waals surface area contributed by atoms with Crippen LogP contribution in [0.4, 0.5) is 5.69 Å². The van der Waals surface area contributed by atoms with E-state index < -0.39 is 10.0 Å². The predicted octanol–water partition coefficient (Wildman–Crippen LogP) is 4.15. The Morgan fingerprint density at radius 2 is 1.67 bits per heavy atom. The zero-order valence-electron chi connectivity index (χ0n) is 17.1. The van der Waals surface area contributed by atoms with Gasteiger partial charge in [-0.05, 0) is 54.7 Å². The molecule has 0 spiro atoms. The van der Waals surface area contributed by atoms with Crippen molar-refractivity contribution >= 4 is 32.5 Å². The molecule has 3 aromatic rings. The molecular formula is C23H25N3O3S. The summed E-state index contributed by atoms with van der Waals surface area (Å²) in [4.78, 5) is 17.3. The van der Waals surface area contributed by atoms with E-state index in [9.17, 15) is 13.2 Å². The molecule has 0 bridgehead atoms. The monoisotopic (exact) mass is 423 g/mol. The van der Waals surface area contributed by atoms with Crippen molar-refractivity contribution in [1.82, 2.24) is 9.29 Å². The van der Waals surface area contributed by atoms with Crippen LogP contribution in [0.2, 0.25) is 0 Å². The van der Waals surface area contributed by atoms with Crippen molar-refractivity contribution in [3.8, 4) is 0 Å². The molecule has 1 N–H and O–H groups in total. The topological polar surface area (TPSA) is 79.4 Å². The Balaban J connectivity index is 1.53. The second kappa shape index (κ2) is 8.16. The van der Waals surface area contributed by atoms with Gasteiger partial charge in [0.2, 0.25) is 10.0 Å². The zero-order chi connectivity index (χ0) is 21.3. The number of aromatic nitrogens is 1. The maximum Gasteiger partial charge on any atom is 0.257 e. The molecule has 4 rings (SSSR count). The van der Waals surface area contributed by atoms with E-state index in [-0.39, 0.29) is 10.8 Å². The van der Waals surface area contributed by atoms with Crippen molar-refractivity contribution < 1.29 is 13.2 Å². The molecule has 1 saturated heterocycles. The summed E-state index contributed by atoms with van der Waals surface area (Å²) in [5, 5.41) is 3.72. The lowest BCUT2D eigenvalue weighted by Gasteiger charge is -2.34. The number of hydrogen-bond donors (Lipinski definition) is 1. The number of pyridine rings is 1. The van der Waals surface area contributed by atoms with E-state index in [4.69, 9.17) is 0 Å². The second-order valence-corrected chi connectivity index (χ2v) is 10.1. The van der Waals surface area contributed by atoms with Crippen LogP contribution in [0.25, 0.3) is 10.9 Å². The molecule has 1 aliphatic rings. The summed E-state index contributed by atoms with van der Waals surface area (Å²) >= 11 is 0. The molecule has 1 amide bonds. The molecule has 1 fully saturated rings. The largest absolute Gasteiger partial charge is 0.322 e. The first-order valence-electron chi connectivity index (χ1n) is 10.1. The number of piperidine rings is 1. The highest BCUT2D eigenvalue weighted by Gasteiger charge is 2.31. The van der Waals surface area contributed by atoms with Crippen molar-refractivity contribution in [2.75, 3.05) is 18.4 Å². The molecule has 7 heteroatoms. The Morgan fingerprint density at radius 3 is 2.37 bits per heavy atom. The maximum absolute atomic E-state index is 13.0. The highest BCUT2D eigenvalue weighted by Crippen LogP contribution is 2.27. The predicted molar refractivity (Wildman–Crippen MR) is 118 cm³/mol. The third-order valence-electron chi connectivity index (χ3n) is 5.46. The van der Waals surface area contributed by atoms with Crippen LogP contribution < -0.4 is 5.32 Å². The first-order chi connectivity index (χ1) is 14.3. The first-order valence-corrected chi connectivity index (χ1v) is 11.5. The minimum atomic E-state index is -3.54. The summed E-state index contributed by atoms with van der Waals surface area (Å²) in [6.45, 7) is 5.25. The number of carbonyl (C=O) groups is 1. The van der Waals surface area contributed by atoms with E-state index in [1.54, 1.807) is 40.8 Å². The molecule has 30 heavy (non-hydrogen) atoms. The molecule has 1 aliphatic heterocycles. The fourth-order valence-corrected chi connectivity index (χ4v) is 5.83. The molecule has 156 valence electrons. The van der Waals surface area contributed by atoms with E-state index in [2.05, 4.69) is 24.1 Å². The molecule has 6 nitrogen and oxygen atoms in total. The third-order valence-corrected chi connectivity index (χ3v) is 7.31. The first kappa shape index (κ1) is 20.5. The van der Waals surface area contributed by atoms with Gasteiger partial charge in [0.15, 0.2) is 0 Å². The summed E-state index contributed by atoms with van der Waals surface area (Å²) in [5.41, 5.74) is 1.64. The average molecular weight is 424 g/mol. The smallest absolute Gasteiger partial charge is 0.257 e. The van der Waals surface area contributed by atoms with Crippen LogP contribution in [-0.4, -0.2) is 36.7 Å². The van der Waals surface area contributed by atoms with E-state index >= 15 is 0 Å². The molecule has 2 aromatic carbocycles. The number of carbonyl (C=O) groups excluding carboxylic acids is 1. The number of amides is 1. The number of fused-ring (bicyclic) bond motifs is 1. The van der Waals surface area contributed by atoms with Crippen molar-refractivity contribution in [3.05, 3.63) is 66.4 Å². The van der Waals surface area contributed by atoms with Crippen LogP contribution in [0.3, 0.4) is 0 Å². The fraction of sp³-hybridized carbons (Fsp3) is 0.304. The Kier molecular flexibility index (Phi) is 5.58. The molecule has 0 saturated carbocycles. The van der Waals surface area contributed by atoms with Gasteiger partial charge in [0.05, 0.1) is 16.0 Å². The highest BCUT2D eigenvalue weighted by molar-refractivity contribution is 7.89. The van der Waals surface area contributed by atoms with E-state index in [1.807, 2.05) is 24.3 Å². The maximum atomic E-state index is 13.0. The number of sulfonamides is 1. The standard InChI is InChI=1S/C23H25N3O3S/c1-16-13-17(2)15-26(14-16)30(28,29)20-10-8-19(9-11-20)25-23(27)21-7-3-5-18-6-4-12-24-22(18)21/h3-12,16-17H,13-15H2,1-2H3,(H,25,27)/t16-,17-/m0/s1. The SMILES string of the molecule is C[C@H]1C[C@H](C)CN(S(=O)(=O)c2ccc(NC(=O)c3cccc4cccnc34)cc2)C1. The van der Waals surface area contributed by atoms with Crippen LogP contribution >= 0.6 is 0 Å². The molecule has 0 radical (unpaired) electrons. The van der Waals surface area contributed by atoms with Gasteiger partial charge in [0.1, 0.15) is 0 Å². The third kappa shape index (κ3) is 4.08. The van der Waals surface area contributed by atoms with Crippen molar-refractivity contribution in [2.45, 2.75) is 25.2 Å². The van der Waals surface area contributed by atoms with Gasteiger partial charge in [-0.15, -0.1) is 0 Å². The van der Waals surface area contributed by atoms with Crippen LogP contribution in [0.15, 0.2) is 65.7 Å². The summed E-state index contributed by atoms with van der Waals surface area (Å²) < 4.78 is 27.6. The molecule has 1 aromatic heterocycles. The lowest BCUT2D eigenvalue weighted by atomic mass is 9.94. The molecule has 2 heterocycles. The molecule has 0 unspecified atom stereocenters. The van der Waals surface area contributed by atoms with Crippen molar-refractivity contribution in [1.29, 1.82) is 0 Å². The zero-order valence-corrected chi connectivity index (χ0v) is 17.9. The summed E-state index contributed by atoms with van der Waals surface area (Å²) in [7, 11) is -3.54. The number of rotatable bonds is 4. The van der Waals surface area contributed by atoms with Crippen molar-refractivity contribution in [2.24, 2.45) is 11.8 Å². The summed E-state index contributed by atoms with van der Waals surface area (Å²) in [6, 6.07) is 15.5. The van der Waals surface area contributed by atoms with Crippen LogP contribution in [0, 0.1) is 11.8 Å². The lowest BCUT2D eigenvalue weighted by Crippen LogP contribution is -2.42. The van der Waals surface area contributed by atoms with Crippen molar-refractivity contribution in [3.63, 3.8) is 0 Å². The average Bonchev–Trinajstić information content (AvgIpc) is 2.73. The fourth-order valence-electron chi connectivity index (χ4n) is 4.15. The molecular weight excluding hydrogens is 398 g/mol. The van der Waals surface area contributed by atoms with Gasteiger partial charge >= 0.3 is 0 Å². The highest BCUT2D eigenvalue weighted by atomic mass is 32.2. The quantitative estimate of drug-likeness (QED) is 0.684. The lowest BCUT2D eigenvalue weighted by molar-refractivity contribution is 0.102. The van der Waals surface area contributed by atoms with Crippen LogP contribution in [0.5, 0.6) is 0 Å². The van der Waals surface area contributed by atoms with Gasteiger partial charge in [-0.3, -0.25) is 9.78 Å². The number of nitrogens with one attached hydrogen (secondary N) is 1. The van der Waals surface area contributed by atoms with Gasteiger partial charge in [-0.2, -0.15) is 4.31 Å². The van der Waals surface area contributed by atoms with Crippen LogP contribution in [-0.2, 0) is 10.0 Å². The number of benzene rings is 2. The molecule has 2 atom stereocenters. The normalized spacial score (nSPS) is 20.2. The number of hydrogen-bond acceptors (Lipinski definition) is 4. The number of nitrogens with zero attached hydrogens (tertiary/aromatic N) is 2. The molecule has 0 aliphatic carbocycles. The Labute approximate surface area is 177 Å². The Hall–Kier alpha value is -2.77. The van der Waals surface area contributed by atoms with E-state index in [0.29, 0.717) is 41.7 Å². The van der Waals surface area contributed by atoms with Gasteiger partial charge in [-0.25, -0.2) is 8.42 Å². The second-order valence-electron chi connectivity index (χ2n) is 8.13. The Morgan fingerprint density at radius 1 is 1.00 bits per heavy atom. The number of anilines is 1. The number of para-hydroxylation sites is 1. The van der Waals surface area contributed by atoms with E-state index in [1.165, 1.54) is 0 Å². The summed E-state index contributed by atoms with van der Waals surface area (Å²) in [5.74, 6) is 0.404. The van der Waals surface area contributed by atoms with E-state index in [0.717, 1.165) is 11.8 Å². The van der Waals surface area contributed by atoms with Crippen LogP contribution in [0.1, 0.15) is 30.6 Å². The van der Waals surface area contributed by atoms with Gasteiger partial charge in [-0.1, -0.05) is 32.0 Å². The minimum Gasteiger partial charge on any atom is -0.322 e.